The zero-order valence-corrected chi connectivity index (χ0v) is 12.4. The molecule has 20 heavy (non-hydrogen) atoms. The fraction of sp³-hybridized carbons (Fsp3) is 0.857. The number of ether oxygens (including phenoxy) is 2. The van der Waals surface area contributed by atoms with E-state index in [-0.39, 0.29) is 18.1 Å². The molecule has 6 heteroatoms. The van der Waals surface area contributed by atoms with Crippen LogP contribution in [0.2, 0.25) is 0 Å². The van der Waals surface area contributed by atoms with Gasteiger partial charge < -0.3 is 20.1 Å². The Kier molecular flexibility index (Phi) is 4.52. The molecular formula is C14H24N2O4. The maximum Gasteiger partial charge on any atom is 0.407 e. The fourth-order valence-electron chi connectivity index (χ4n) is 2.07. The summed E-state index contributed by atoms with van der Waals surface area (Å²) in [6.45, 7) is 5.81. The van der Waals surface area contributed by atoms with Gasteiger partial charge in [0.05, 0.1) is 12.6 Å². The van der Waals surface area contributed by atoms with Crippen molar-refractivity contribution < 1.29 is 19.1 Å². The van der Waals surface area contributed by atoms with Gasteiger partial charge in [-0.15, -0.1) is 0 Å². The van der Waals surface area contributed by atoms with Gasteiger partial charge in [-0.25, -0.2) is 4.79 Å². The lowest BCUT2D eigenvalue weighted by molar-refractivity contribution is -0.136. The Hall–Kier alpha value is -1.30. The first-order valence-corrected chi connectivity index (χ1v) is 7.25. The fourth-order valence-corrected chi connectivity index (χ4v) is 2.07. The number of rotatable bonds is 3. The molecule has 0 bridgehead atoms. The molecule has 1 aliphatic heterocycles. The van der Waals surface area contributed by atoms with Gasteiger partial charge in [0.15, 0.2) is 0 Å². The molecule has 0 spiro atoms. The van der Waals surface area contributed by atoms with Gasteiger partial charge in [0.25, 0.3) is 0 Å². The van der Waals surface area contributed by atoms with E-state index in [9.17, 15) is 9.59 Å². The number of amides is 2. The SMILES string of the molecule is CC(C)(C)OC(=O)N[C@@H]1CC[C@@H](C(=O)NC2CC2)OC1. The lowest BCUT2D eigenvalue weighted by Crippen LogP contribution is -2.48. The van der Waals surface area contributed by atoms with Crippen LogP contribution in [0.15, 0.2) is 0 Å². The van der Waals surface area contributed by atoms with Crippen LogP contribution in [0.3, 0.4) is 0 Å². The molecule has 2 rings (SSSR count). The molecular weight excluding hydrogens is 260 g/mol. The van der Waals surface area contributed by atoms with Crippen LogP contribution in [0.4, 0.5) is 4.79 Å². The van der Waals surface area contributed by atoms with Gasteiger partial charge in [-0.1, -0.05) is 0 Å². The van der Waals surface area contributed by atoms with Gasteiger partial charge in [0.1, 0.15) is 11.7 Å². The summed E-state index contributed by atoms with van der Waals surface area (Å²) in [4.78, 5) is 23.4. The first kappa shape index (κ1) is 15.1. The Labute approximate surface area is 119 Å². The second-order valence-corrected chi connectivity index (χ2v) is 6.53. The van der Waals surface area contributed by atoms with Crippen molar-refractivity contribution >= 4 is 12.0 Å². The average molecular weight is 284 g/mol. The van der Waals surface area contributed by atoms with Crippen LogP contribution in [0.5, 0.6) is 0 Å². The van der Waals surface area contributed by atoms with E-state index in [1.165, 1.54) is 0 Å². The van der Waals surface area contributed by atoms with Crippen molar-refractivity contribution in [1.82, 2.24) is 10.6 Å². The second kappa shape index (κ2) is 5.99. The van der Waals surface area contributed by atoms with Crippen LogP contribution in [-0.4, -0.2) is 42.4 Å². The monoisotopic (exact) mass is 284 g/mol. The van der Waals surface area contributed by atoms with Crippen LogP contribution < -0.4 is 10.6 Å². The largest absolute Gasteiger partial charge is 0.444 e. The van der Waals surface area contributed by atoms with E-state index in [1.54, 1.807) is 0 Å². The van der Waals surface area contributed by atoms with Crippen LogP contribution in [0, 0.1) is 0 Å². The van der Waals surface area contributed by atoms with Crippen molar-refractivity contribution in [3.63, 3.8) is 0 Å². The highest BCUT2D eigenvalue weighted by molar-refractivity contribution is 5.81. The molecule has 2 N–H and O–H groups in total. The molecule has 0 aromatic heterocycles. The normalized spacial score (nSPS) is 26.8. The summed E-state index contributed by atoms with van der Waals surface area (Å²) in [5.74, 6) is -0.0248. The lowest BCUT2D eigenvalue weighted by atomic mass is 10.0. The Bertz CT molecular complexity index is 366. The molecule has 1 saturated carbocycles. The Balaban J connectivity index is 1.68. The van der Waals surface area contributed by atoms with Crippen LogP contribution in [0.1, 0.15) is 46.5 Å². The zero-order chi connectivity index (χ0) is 14.8. The first-order chi connectivity index (χ1) is 9.33. The van der Waals surface area contributed by atoms with Crippen molar-refractivity contribution in [1.29, 1.82) is 0 Å². The van der Waals surface area contributed by atoms with Crippen molar-refractivity contribution in [3.05, 3.63) is 0 Å². The molecule has 2 aliphatic rings. The van der Waals surface area contributed by atoms with Crippen molar-refractivity contribution in [2.75, 3.05) is 6.61 Å². The number of alkyl carbamates (subject to hydrolysis) is 1. The van der Waals surface area contributed by atoms with Gasteiger partial charge in [0, 0.05) is 6.04 Å². The summed E-state index contributed by atoms with van der Waals surface area (Å²) >= 11 is 0. The number of carbonyl (C=O) groups is 2. The second-order valence-electron chi connectivity index (χ2n) is 6.53. The smallest absolute Gasteiger partial charge is 0.407 e. The predicted molar refractivity (Wildman–Crippen MR) is 73.3 cm³/mol. The number of hydrogen-bond donors (Lipinski definition) is 2. The van der Waals surface area contributed by atoms with Crippen molar-refractivity contribution in [2.45, 2.75) is 70.2 Å². The maximum atomic E-state index is 11.8. The van der Waals surface area contributed by atoms with Crippen LogP contribution in [-0.2, 0) is 14.3 Å². The zero-order valence-electron chi connectivity index (χ0n) is 12.4. The minimum absolute atomic E-state index is 0.0248. The van der Waals surface area contributed by atoms with E-state index in [2.05, 4.69) is 10.6 Å². The molecule has 1 saturated heterocycles. The molecule has 114 valence electrons. The van der Waals surface area contributed by atoms with Gasteiger partial charge in [-0.05, 0) is 46.5 Å². The Morgan fingerprint density at radius 2 is 1.70 bits per heavy atom. The molecule has 2 fully saturated rings. The quantitative estimate of drug-likeness (QED) is 0.820. The third kappa shape index (κ3) is 5.00. The summed E-state index contributed by atoms with van der Waals surface area (Å²) in [7, 11) is 0. The standard InChI is InChI=1S/C14H24N2O4/c1-14(2,3)20-13(18)16-10-6-7-11(19-8-10)12(17)15-9-4-5-9/h9-11H,4-8H2,1-3H3,(H,15,17)(H,16,18)/t10-,11+/m1/s1. The molecule has 2 amide bonds. The third-order valence-corrected chi connectivity index (χ3v) is 3.21. The summed E-state index contributed by atoms with van der Waals surface area (Å²) < 4.78 is 10.7. The van der Waals surface area contributed by atoms with Gasteiger partial charge in [-0.2, -0.15) is 0 Å². The highest BCUT2D eigenvalue weighted by Gasteiger charge is 2.32. The molecule has 1 aliphatic carbocycles. The summed E-state index contributed by atoms with van der Waals surface area (Å²) in [5.41, 5.74) is -0.508. The minimum atomic E-state index is -0.508. The maximum absolute atomic E-state index is 11.8. The van der Waals surface area contributed by atoms with Crippen molar-refractivity contribution in [2.24, 2.45) is 0 Å². The van der Waals surface area contributed by atoms with E-state index in [1.807, 2.05) is 20.8 Å². The van der Waals surface area contributed by atoms with E-state index in [0.717, 1.165) is 19.3 Å². The molecule has 0 radical (unpaired) electrons. The number of carbonyl (C=O) groups excluding carboxylic acids is 2. The topological polar surface area (TPSA) is 76.7 Å². The summed E-state index contributed by atoms with van der Waals surface area (Å²) in [5, 5.41) is 5.70. The van der Waals surface area contributed by atoms with Crippen LogP contribution in [0.25, 0.3) is 0 Å². The van der Waals surface area contributed by atoms with E-state index < -0.39 is 11.7 Å². The molecule has 0 unspecified atom stereocenters. The number of hydrogen-bond acceptors (Lipinski definition) is 4. The van der Waals surface area contributed by atoms with Crippen molar-refractivity contribution in [3.8, 4) is 0 Å². The minimum Gasteiger partial charge on any atom is -0.444 e. The molecule has 0 aromatic carbocycles. The first-order valence-electron chi connectivity index (χ1n) is 7.25. The third-order valence-electron chi connectivity index (χ3n) is 3.21. The lowest BCUT2D eigenvalue weighted by Gasteiger charge is -2.29. The molecule has 2 atom stereocenters. The molecule has 0 aromatic rings. The highest BCUT2D eigenvalue weighted by atomic mass is 16.6. The van der Waals surface area contributed by atoms with E-state index in [0.29, 0.717) is 19.1 Å². The molecule has 6 nitrogen and oxygen atoms in total. The summed E-state index contributed by atoms with van der Waals surface area (Å²) in [6, 6.07) is 0.263. The van der Waals surface area contributed by atoms with Gasteiger partial charge in [0.2, 0.25) is 5.91 Å². The Morgan fingerprint density at radius 3 is 2.20 bits per heavy atom. The van der Waals surface area contributed by atoms with Gasteiger partial charge in [-0.3, -0.25) is 4.79 Å². The van der Waals surface area contributed by atoms with E-state index in [4.69, 9.17) is 9.47 Å². The highest BCUT2D eigenvalue weighted by Crippen LogP contribution is 2.21. The summed E-state index contributed by atoms with van der Waals surface area (Å²) in [6.07, 6.45) is 2.67. The average Bonchev–Trinajstić information content (AvgIpc) is 3.11. The number of nitrogens with one attached hydrogen (secondary N) is 2. The Morgan fingerprint density at radius 1 is 1.05 bits per heavy atom. The van der Waals surface area contributed by atoms with E-state index >= 15 is 0 Å². The predicted octanol–water partition coefficient (Wildman–Crippen LogP) is 1.34. The molecule has 1 heterocycles. The van der Waals surface area contributed by atoms with Gasteiger partial charge >= 0.3 is 6.09 Å². The van der Waals surface area contributed by atoms with Crippen LogP contribution >= 0.6 is 0 Å².